The second-order valence-electron chi connectivity index (χ2n) is 2.07. The lowest BCUT2D eigenvalue weighted by Gasteiger charge is -2.06. The number of nitrogens with two attached hydrogens (primary N) is 1. The van der Waals surface area contributed by atoms with Gasteiger partial charge in [-0.05, 0) is 12.1 Å². The van der Waals surface area contributed by atoms with Gasteiger partial charge in [-0.25, -0.2) is 4.98 Å². The first kappa shape index (κ1) is 8.76. The Kier molecular flexibility index (Phi) is 1.91. The van der Waals surface area contributed by atoms with E-state index in [1.54, 1.807) is 0 Å². The van der Waals surface area contributed by atoms with Crippen molar-refractivity contribution in [3.63, 3.8) is 0 Å². The molecule has 0 fully saturated rings. The summed E-state index contributed by atoms with van der Waals surface area (Å²) in [6.45, 7) is 0. The van der Waals surface area contributed by atoms with Gasteiger partial charge in [0.15, 0.2) is 0 Å². The summed E-state index contributed by atoms with van der Waals surface area (Å²) in [6, 6.07) is 1.45. The van der Waals surface area contributed by atoms with Crippen LogP contribution in [0.5, 0.6) is 0 Å². The number of nitrogen functional groups attached to an aromatic ring is 1. The van der Waals surface area contributed by atoms with Gasteiger partial charge in [0.2, 0.25) is 5.95 Å². The maximum atomic E-state index is 12.4. The van der Waals surface area contributed by atoms with E-state index in [4.69, 9.17) is 5.73 Å². The number of hydrogen-bond donors (Lipinski definition) is 1. The average molecular weight is 180 g/mol. The molecule has 66 valence electrons. The van der Waals surface area contributed by atoms with Crippen molar-refractivity contribution in [2.24, 2.45) is 0 Å². The lowest BCUT2D eigenvalue weighted by molar-refractivity contribution is -0.140. The Labute approximate surface area is 65.0 Å². The third-order valence-corrected chi connectivity index (χ3v) is 1.18. The standard InChI is InChI=1S/C6H4F4N2/c7-5-3(6(8,9)10)1-2-4(11)12-5/h1-2H,(H2,11,12). The summed E-state index contributed by atoms with van der Waals surface area (Å²) in [5.74, 6) is -1.87. The van der Waals surface area contributed by atoms with Crippen LogP contribution in [0.2, 0.25) is 0 Å². The summed E-state index contributed by atoms with van der Waals surface area (Å²) >= 11 is 0. The number of hydrogen-bond acceptors (Lipinski definition) is 2. The molecule has 0 aliphatic carbocycles. The number of halogens is 4. The van der Waals surface area contributed by atoms with Crippen molar-refractivity contribution in [3.05, 3.63) is 23.6 Å². The van der Waals surface area contributed by atoms with Crippen LogP contribution in [0.25, 0.3) is 0 Å². The molecule has 0 amide bonds. The zero-order chi connectivity index (χ0) is 9.35. The molecule has 0 aliphatic heterocycles. The number of alkyl halides is 3. The molecule has 0 unspecified atom stereocenters. The van der Waals surface area contributed by atoms with Gasteiger partial charge in [0.1, 0.15) is 11.4 Å². The maximum absolute atomic E-state index is 12.4. The van der Waals surface area contributed by atoms with Crippen LogP contribution in [0.3, 0.4) is 0 Å². The quantitative estimate of drug-likeness (QED) is 0.488. The minimum absolute atomic E-state index is 0.277. The highest BCUT2D eigenvalue weighted by Gasteiger charge is 2.34. The highest BCUT2D eigenvalue weighted by atomic mass is 19.4. The van der Waals surface area contributed by atoms with E-state index >= 15 is 0 Å². The Bertz CT molecular complexity index is 294. The summed E-state index contributed by atoms with van der Waals surface area (Å²) in [6.07, 6.45) is -4.72. The molecule has 6 heteroatoms. The van der Waals surface area contributed by atoms with Gasteiger partial charge in [-0.1, -0.05) is 0 Å². The first-order valence-corrected chi connectivity index (χ1v) is 2.90. The van der Waals surface area contributed by atoms with Crippen molar-refractivity contribution in [1.29, 1.82) is 0 Å². The second kappa shape index (κ2) is 2.62. The van der Waals surface area contributed by atoms with E-state index in [1.807, 2.05) is 0 Å². The van der Waals surface area contributed by atoms with Crippen molar-refractivity contribution in [3.8, 4) is 0 Å². The Morgan fingerprint density at radius 1 is 1.25 bits per heavy atom. The van der Waals surface area contributed by atoms with E-state index in [9.17, 15) is 17.6 Å². The zero-order valence-corrected chi connectivity index (χ0v) is 5.69. The van der Waals surface area contributed by atoms with E-state index in [-0.39, 0.29) is 5.82 Å². The number of pyridine rings is 1. The molecule has 0 spiro atoms. The third-order valence-electron chi connectivity index (χ3n) is 1.18. The molecule has 0 aliphatic rings. The van der Waals surface area contributed by atoms with Crippen molar-refractivity contribution < 1.29 is 17.6 Å². The second-order valence-corrected chi connectivity index (χ2v) is 2.07. The van der Waals surface area contributed by atoms with Gasteiger partial charge >= 0.3 is 6.18 Å². The van der Waals surface area contributed by atoms with Gasteiger partial charge in [0, 0.05) is 0 Å². The molecule has 1 heterocycles. The molecule has 0 saturated heterocycles. The van der Waals surface area contributed by atoms with Crippen LogP contribution in [-0.2, 0) is 6.18 Å². The van der Waals surface area contributed by atoms with Crippen LogP contribution < -0.4 is 5.73 Å². The van der Waals surface area contributed by atoms with Crippen molar-refractivity contribution in [2.75, 3.05) is 5.73 Å². The zero-order valence-electron chi connectivity index (χ0n) is 5.69. The van der Waals surface area contributed by atoms with E-state index < -0.39 is 17.7 Å². The maximum Gasteiger partial charge on any atom is 0.420 e. The monoisotopic (exact) mass is 180 g/mol. The number of nitrogens with zero attached hydrogens (tertiary/aromatic N) is 1. The molecular formula is C6H4F4N2. The van der Waals surface area contributed by atoms with Crippen LogP contribution in [0.1, 0.15) is 5.56 Å². The van der Waals surface area contributed by atoms with Crippen LogP contribution >= 0.6 is 0 Å². The van der Waals surface area contributed by atoms with Crippen molar-refractivity contribution in [2.45, 2.75) is 6.18 Å². The Balaban J connectivity index is 3.19. The molecular weight excluding hydrogens is 176 g/mol. The molecule has 12 heavy (non-hydrogen) atoms. The van der Waals surface area contributed by atoms with Gasteiger partial charge in [0.25, 0.3) is 0 Å². The van der Waals surface area contributed by atoms with Crippen LogP contribution in [0, 0.1) is 5.95 Å². The lowest BCUT2D eigenvalue weighted by Crippen LogP contribution is -2.10. The van der Waals surface area contributed by atoms with E-state index in [0.29, 0.717) is 6.07 Å². The van der Waals surface area contributed by atoms with Crippen LogP contribution in [-0.4, -0.2) is 4.98 Å². The van der Waals surface area contributed by atoms with Crippen molar-refractivity contribution in [1.82, 2.24) is 4.98 Å². The average Bonchev–Trinajstić information content (AvgIpc) is 1.83. The molecule has 1 aromatic heterocycles. The van der Waals surface area contributed by atoms with Gasteiger partial charge in [-0.3, -0.25) is 0 Å². The summed E-state index contributed by atoms with van der Waals surface area (Å²) < 4.78 is 48.0. The normalized spacial score (nSPS) is 11.7. The van der Waals surface area contributed by atoms with Crippen LogP contribution in [0.4, 0.5) is 23.4 Å². The molecule has 0 aromatic carbocycles. The third kappa shape index (κ3) is 1.63. The largest absolute Gasteiger partial charge is 0.420 e. The molecule has 2 N–H and O–H groups in total. The minimum atomic E-state index is -4.72. The fourth-order valence-electron chi connectivity index (χ4n) is 0.660. The summed E-state index contributed by atoms with van der Waals surface area (Å²) in [5, 5.41) is 0. The summed E-state index contributed by atoms with van der Waals surface area (Å²) in [5.41, 5.74) is 3.55. The number of anilines is 1. The van der Waals surface area contributed by atoms with E-state index in [2.05, 4.69) is 4.98 Å². The molecule has 0 bridgehead atoms. The summed E-state index contributed by atoms with van der Waals surface area (Å²) in [7, 11) is 0. The first-order chi connectivity index (χ1) is 5.41. The smallest absolute Gasteiger partial charge is 0.384 e. The fourth-order valence-corrected chi connectivity index (χ4v) is 0.660. The minimum Gasteiger partial charge on any atom is -0.384 e. The van der Waals surface area contributed by atoms with Crippen molar-refractivity contribution >= 4 is 5.82 Å². The molecule has 0 atom stereocenters. The van der Waals surface area contributed by atoms with E-state index in [1.165, 1.54) is 0 Å². The Morgan fingerprint density at radius 2 is 1.83 bits per heavy atom. The first-order valence-electron chi connectivity index (χ1n) is 2.90. The molecule has 0 radical (unpaired) electrons. The predicted molar refractivity (Wildman–Crippen MR) is 33.6 cm³/mol. The summed E-state index contributed by atoms with van der Waals surface area (Å²) in [4.78, 5) is 2.83. The van der Waals surface area contributed by atoms with E-state index in [0.717, 1.165) is 6.07 Å². The van der Waals surface area contributed by atoms with Crippen LogP contribution in [0.15, 0.2) is 12.1 Å². The predicted octanol–water partition coefficient (Wildman–Crippen LogP) is 1.82. The molecule has 1 rings (SSSR count). The molecule has 0 saturated carbocycles. The molecule has 1 aromatic rings. The highest BCUT2D eigenvalue weighted by Crippen LogP contribution is 2.30. The lowest BCUT2D eigenvalue weighted by atomic mass is 10.2. The number of aromatic nitrogens is 1. The SMILES string of the molecule is Nc1ccc(C(F)(F)F)c(F)n1. The van der Waals surface area contributed by atoms with Gasteiger partial charge in [-0.15, -0.1) is 0 Å². The van der Waals surface area contributed by atoms with Gasteiger partial charge in [0.05, 0.1) is 0 Å². The number of rotatable bonds is 0. The fraction of sp³-hybridized carbons (Fsp3) is 0.167. The Hall–Kier alpha value is -1.33. The molecule has 2 nitrogen and oxygen atoms in total. The topological polar surface area (TPSA) is 38.9 Å². The van der Waals surface area contributed by atoms with Gasteiger partial charge < -0.3 is 5.73 Å². The van der Waals surface area contributed by atoms with Gasteiger partial charge in [-0.2, -0.15) is 17.6 Å². The highest BCUT2D eigenvalue weighted by molar-refractivity contribution is 5.31. The Morgan fingerprint density at radius 3 is 2.25 bits per heavy atom.